The van der Waals surface area contributed by atoms with E-state index in [2.05, 4.69) is 17.4 Å². The number of hydrogen-bond acceptors (Lipinski definition) is 3. The summed E-state index contributed by atoms with van der Waals surface area (Å²) in [6.45, 7) is 3.12. The second kappa shape index (κ2) is 8.72. The Labute approximate surface area is 152 Å². The zero-order chi connectivity index (χ0) is 16.8. The monoisotopic (exact) mass is 365 g/mol. The van der Waals surface area contributed by atoms with Gasteiger partial charge >= 0.3 is 0 Å². The third-order valence-corrected chi connectivity index (χ3v) is 4.78. The Balaban J connectivity index is 1.44. The van der Waals surface area contributed by atoms with Crippen molar-refractivity contribution in [1.82, 2.24) is 5.32 Å². The Morgan fingerprint density at radius 3 is 2.54 bits per heavy atom. The Kier molecular flexibility index (Phi) is 6.38. The number of nitrogens with one attached hydrogen (secondary N) is 1. The SMILES string of the molecule is Clc1ccc(COc2ccc(CNCC3CCCO3)cc2)cc1Cl. The lowest BCUT2D eigenvalue weighted by molar-refractivity contribution is 0.110. The maximum atomic E-state index is 6.01. The summed E-state index contributed by atoms with van der Waals surface area (Å²) in [6.07, 6.45) is 2.71. The average Bonchev–Trinajstić information content (AvgIpc) is 3.10. The molecule has 0 amide bonds. The fourth-order valence-corrected chi connectivity index (χ4v) is 3.00. The lowest BCUT2D eigenvalue weighted by Gasteiger charge is -2.11. The first-order chi connectivity index (χ1) is 11.7. The van der Waals surface area contributed by atoms with E-state index in [4.69, 9.17) is 32.7 Å². The maximum Gasteiger partial charge on any atom is 0.119 e. The van der Waals surface area contributed by atoms with Crippen LogP contribution in [0.4, 0.5) is 0 Å². The van der Waals surface area contributed by atoms with Crippen molar-refractivity contribution in [2.24, 2.45) is 0 Å². The van der Waals surface area contributed by atoms with Gasteiger partial charge in [-0.25, -0.2) is 0 Å². The molecule has 0 bridgehead atoms. The lowest BCUT2D eigenvalue weighted by atomic mass is 10.2. The molecule has 5 heteroatoms. The first-order valence-electron chi connectivity index (χ1n) is 8.19. The summed E-state index contributed by atoms with van der Waals surface area (Å²) in [5, 5.41) is 4.54. The normalized spacial score (nSPS) is 17.2. The molecule has 1 atom stereocenters. The van der Waals surface area contributed by atoms with Crippen LogP contribution >= 0.6 is 23.2 Å². The van der Waals surface area contributed by atoms with Crippen molar-refractivity contribution in [1.29, 1.82) is 0 Å². The molecule has 3 rings (SSSR count). The predicted octanol–water partition coefficient (Wildman–Crippen LogP) is 4.84. The van der Waals surface area contributed by atoms with Crippen LogP contribution in [0.2, 0.25) is 10.0 Å². The molecule has 1 unspecified atom stereocenters. The molecule has 1 saturated heterocycles. The van der Waals surface area contributed by atoms with E-state index in [1.807, 2.05) is 24.3 Å². The van der Waals surface area contributed by atoms with Gasteiger partial charge in [0, 0.05) is 19.7 Å². The molecule has 128 valence electrons. The molecule has 0 saturated carbocycles. The summed E-state index contributed by atoms with van der Waals surface area (Å²) in [6, 6.07) is 13.6. The van der Waals surface area contributed by atoms with Crippen molar-refractivity contribution in [3.8, 4) is 5.75 Å². The average molecular weight is 366 g/mol. The quantitative estimate of drug-likeness (QED) is 0.761. The molecule has 2 aromatic carbocycles. The van der Waals surface area contributed by atoms with Gasteiger partial charge in [0.25, 0.3) is 0 Å². The Bertz CT molecular complexity index is 655. The van der Waals surface area contributed by atoms with E-state index in [9.17, 15) is 0 Å². The Morgan fingerprint density at radius 2 is 1.83 bits per heavy atom. The van der Waals surface area contributed by atoms with Crippen molar-refractivity contribution in [2.45, 2.75) is 32.1 Å². The van der Waals surface area contributed by atoms with Crippen LogP contribution in [-0.2, 0) is 17.9 Å². The van der Waals surface area contributed by atoms with Gasteiger partial charge in [0.05, 0.1) is 16.1 Å². The van der Waals surface area contributed by atoms with E-state index >= 15 is 0 Å². The molecule has 0 aromatic heterocycles. The van der Waals surface area contributed by atoms with Crippen LogP contribution in [-0.4, -0.2) is 19.3 Å². The van der Waals surface area contributed by atoms with Crippen LogP contribution in [0.3, 0.4) is 0 Å². The third kappa shape index (κ3) is 5.12. The molecule has 2 aromatic rings. The van der Waals surface area contributed by atoms with Gasteiger partial charge in [0.1, 0.15) is 12.4 Å². The van der Waals surface area contributed by atoms with Crippen molar-refractivity contribution < 1.29 is 9.47 Å². The highest BCUT2D eigenvalue weighted by atomic mass is 35.5. The van der Waals surface area contributed by atoms with E-state index in [-0.39, 0.29) is 0 Å². The minimum atomic E-state index is 0.374. The maximum absolute atomic E-state index is 6.01. The van der Waals surface area contributed by atoms with E-state index in [0.717, 1.165) is 37.4 Å². The minimum absolute atomic E-state index is 0.374. The summed E-state index contributed by atoms with van der Waals surface area (Å²) in [5.74, 6) is 0.837. The zero-order valence-electron chi connectivity index (χ0n) is 13.4. The zero-order valence-corrected chi connectivity index (χ0v) is 14.9. The molecule has 3 nitrogen and oxygen atoms in total. The summed E-state index contributed by atoms with van der Waals surface area (Å²) in [4.78, 5) is 0. The first kappa shape index (κ1) is 17.6. The lowest BCUT2D eigenvalue weighted by Crippen LogP contribution is -2.25. The van der Waals surface area contributed by atoms with Crippen molar-refractivity contribution in [2.75, 3.05) is 13.2 Å². The molecule has 0 aliphatic carbocycles. The third-order valence-electron chi connectivity index (χ3n) is 4.04. The van der Waals surface area contributed by atoms with E-state index < -0.39 is 0 Å². The molecule has 0 spiro atoms. The van der Waals surface area contributed by atoms with Gasteiger partial charge in [-0.15, -0.1) is 0 Å². The fraction of sp³-hybridized carbons (Fsp3) is 0.368. The molecular weight excluding hydrogens is 345 g/mol. The van der Waals surface area contributed by atoms with Gasteiger partial charge in [-0.2, -0.15) is 0 Å². The highest BCUT2D eigenvalue weighted by Crippen LogP contribution is 2.23. The topological polar surface area (TPSA) is 30.5 Å². The van der Waals surface area contributed by atoms with Gasteiger partial charge in [0.15, 0.2) is 0 Å². The van der Waals surface area contributed by atoms with Gasteiger partial charge in [-0.3, -0.25) is 0 Å². The summed E-state index contributed by atoms with van der Waals surface area (Å²) >= 11 is 11.9. The van der Waals surface area contributed by atoms with Gasteiger partial charge in [-0.05, 0) is 48.2 Å². The van der Waals surface area contributed by atoms with Gasteiger partial charge < -0.3 is 14.8 Å². The molecule has 24 heavy (non-hydrogen) atoms. The van der Waals surface area contributed by atoms with Crippen molar-refractivity contribution in [3.05, 3.63) is 63.6 Å². The molecule has 1 aliphatic heterocycles. The largest absolute Gasteiger partial charge is 0.489 e. The second-order valence-electron chi connectivity index (χ2n) is 5.95. The predicted molar refractivity (Wildman–Crippen MR) is 97.9 cm³/mol. The van der Waals surface area contributed by atoms with Gasteiger partial charge in [-0.1, -0.05) is 41.4 Å². The van der Waals surface area contributed by atoms with Crippen LogP contribution in [0.1, 0.15) is 24.0 Å². The molecule has 1 aliphatic rings. The smallest absolute Gasteiger partial charge is 0.119 e. The van der Waals surface area contributed by atoms with Crippen LogP contribution in [0.5, 0.6) is 5.75 Å². The fourth-order valence-electron chi connectivity index (χ4n) is 2.68. The van der Waals surface area contributed by atoms with Crippen molar-refractivity contribution >= 4 is 23.2 Å². The first-order valence-corrected chi connectivity index (χ1v) is 8.94. The minimum Gasteiger partial charge on any atom is -0.489 e. The number of ether oxygens (including phenoxy) is 2. The Hall–Kier alpha value is -1.26. The van der Waals surface area contributed by atoms with Gasteiger partial charge in [0.2, 0.25) is 0 Å². The highest BCUT2D eigenvalue weighted by Gasteiger charge is 2.14. The number of halogens is 2. The number of benzene rings is 2. The molecule has 1 fully saturated rings. The molecule has 1 N–H and O–H groups in total. The second-order valence-corrected chi connectivity index (χ2v) is 6.76. The Morgan fingerprint density at radius 1 is 1.04 bits per heavy atom. The van der Waals surface area contributed by atoms with Crippen LogP contribution in [0.25, 0.3) is 0 Å². The van der Waals surface area contributed by atoms with E-state index in [1.165, 1.54) is 12.0 Å². The van der Waals surface area contributed by atoms with Crippen LogP contribution in [0, 0.1) is 0 Å². The molecular formula is C19H21Cl2NO2. The standard InChI is InChI=1S/C19H21Cl2NO2/c20-18-8-5-15(10-19(18)21)13-24-16-6-3-14(4-7-16)11-22-12-17-2-1-9-23-17/h3-8,10,17,22H,1-2,9,11-13H2. The van der Waals surface area contributed by atoms with E-state index in [1.54, 1.807) is 6.07 Å². The van der Waals surface area contributed by atoms with Crippen LogP contribution in [0.15, 0.2) is 42.5 Å². The number of hydrogen-bond donors (Lipinski definition) is 1. The number of rotatable bonds is 7. The van der Waals surface area contributed by atoms with Crippen LogP contribution < -0.4 is 10.1 Å². The summed E-state index contributed by atoms with van der Waals surface area (Å²) < 4.78 is 11.4. The summed E-state index contributed by atoms with van der Waals surface area (Å²) in [7, 11) is 0. The molecule has 0 radical (unpaired) electrons. The van der Waals surface area contributed by atoms with Crippen molar-refractivity contribution in [3.63, 3.8) is 0 Å². The summed E-state index contributed by atoms with van der Waals surface area (Å²) in [5.41, 5.74) is 2.22. The highest BCUT2D eigenvalue weighted by molar-refractivity contribution is 6.42. The molecule has 1 heterocycles. The van der Waals surface area contributed by atoms with E-state index in [0.29, 0.717) is 22.8 Å².